The highest BCUT2D eigenvalue weighted by Crippen LogP contribution is 2.50. The van der Waals surface area contributed by atoms with Gasteiger partial charge in [-0.1, -0.05) is 90.5 Å². The lowest BCUT2D eigenvalue weighted by Crippen LogP contribution is -1.96. The molecular formula is C35H29NO. The van der Waals surface area contributed by atoms with Crippen molar-refractivity contribution in [1.29, 1.82) is 0 Å². The van der Waals surface area contributed by atoms with Crippen molar-refractivity contribution in [2.75, 3.05) is 5.32 Å². The number of benzene rings is 5. The number of nitrogens with one attached hydrogen (secondary N) is 1. The molecule has 2 heteroatoms. The van der Waals surface area contributed by atoms with Crippen LogP contribution in [0.4, 0.5) is 11.4 Å². The molecule has 5 aromatic carbocycles. The third-order valence-electron chi connectivity index (χ3n) is 7.98. The first kappa shape index (κ1) is 22.1. The Morgan fingerprint density at radius 3 is 2.14 bits per heavy atom. The van der Waals surface area contributed by atoms with Crippen LogP contribution in [0.25, 0.3) is 38.6 Å². The van der Waals surface area contributed by atoms with Gasteiger partial charge in [0.05, 0.1) is 12.3 Å². The Labute approximate surface area is 217 Å². The molecule has 0 unspecified atom stereocenters. The fourth-order valence-electron chi connectivity index (χ4n) is 6.15. The zero-order valence-electron chi connectivity index (χ0n) is 20.8. The van der Waals surface area contributed by atoms with Gasteiger partial charge in [0.15, 0.2) is 0 Å². The lowest BCUT2D eigenvalue weighted by Gasteiger charge is -2.17. The summed E-state index contributed by atoms with van der Waals surface area (Å²) in [5.41, 5.74) is 14.0. The van der Waals surface area contributed by atoms with Crippen LogP contribution in [0.3, 0.4) is 0 Å². The molecule has 0 saturated heterocycles. The molecule has 0 bridgehead atoms. The van der Waals surface area contributed by atoms with Gasteiger partial charge in [-0.3, -0.25) is 0 Å². The average Bonchev–Trinajstić information content (AvgIpc) is 3.59. The minimum Gasteiger partial charge on any atom is -0.392 e. The van der Waals surface area contributed by atoms with Crippen molar-refractivity contribution in [3.8, 4) is 22.3 Å². The second-order valence-corrected chi connectivity index (χ2v) is 10.2. The monoisotopic (exact) mass is 479 g/mol. The fourth-order valence-corrected chi connectivity index (χ4v) is 6.15. The van der Waals surface area contributed by atoms with Crippen LogP contribution in [0.1, 0.15) is 42.4 Å². The molecule has 2 nitrogen and oxygen atoms in total. The number of hydrogen-bond acceptors (Lipinski definition) is 2. The Bertz CT molecular complexity index is 1670. The minimum atomic E-state index is 0.0507. The summed E-state index contributed by atoms with van der Waals surface area (Å²) in [6.07, 6.45) is 5.01. The van der Waals surface area contributed by atoms with Gasteiger partial charge in [-0.2, -0.15) is 0 Å². The number of aliphatic hydroxyl groups excluding tert-OH is 1. The van der Waals surface area contributed by atoms with Crippen LogP contribution in [-0.4, -0.2) is 5.11 Å². The zero-order valence-corrected chi connectivity index (χ0v) is 20.8. The summed E-state index contributed by atoms with van der Waals surface area (Å²) in [5.74, 6) is 0. The predicted molar refractivity (Wildman–Crippen MR) is 155 cm³/mol. The van der Waals surface area contributed by atoms with Gasteiger partial charge in [0.25, 0.3) is 0 Å². The molecule has 1 fully saturated rings. The molecule has 0 radical (unpaired) electrons. The first-order valence-corrected chi connectivity index (χ1v) is 13.3. The Kier molecular flexibility index (Phi) is 5.41. The molecule has 0 amide bonds. The van der Waals surface area contributed by atoms with Gasteiger partial charge < -0.3 is 10.4 Å². The molecule has 2 N–H and O–H groups in total. The van der Waals surface area contributed by atoms with E-state index in [4.69, 9.17) is 0 Å². The minimum absolute atomic E-state index is 0.0507. The maximum absolute atomic E-state index is 9.47. The lowest BCUT2D eigenvalue weighted by atomic mass is 9.92. The van der Waals surface area contributed by atoms with E-state index in [1.165, 1.54) is 75.4 Å². The molecule has 0 spiro atoms. The molecule has 2 aliphatic carbocycles. The smallest absolute Gasteiger partial charge is 0.0681 e. The standard InChI is InChI=1S/C35H29NO/c37-22-23-13-17-27(18-14-23)36-35-28-10-4-3-7-24(28)15-19-29(35)26-16-20-31-30-11-5-6-12-32(30)34(33(31)21-26)25-8-1-2-9-25/h3-7,10-21,36-37H,1-2,8-9,22H2. The van der Waals surface area contributed by atoms with Crippen molar-refractivity contribution in [1.82, 2.24) is 0 Å². The van der Waals surface area contributed by atoms with Gasteiger partial charge in [-0.05, 0) is 88.2 Å². The van der Waals surface area contributed by atoms with E-state index in [1.807, 2.05) is 24.3 Å². The highest BCUT2D eigenvalue weighted by molar-refractivity contribution is 6.06. The number of aliphatic hydroxyl groups is 1. The maximum Gasteiger partial charge on any atom is 0.0681 e. The molecule has 0 aliphatic heterocycles. The fraction of sp³-hybridized carbons (Fsp3) is 0.143. The number of rotatable bonds is 4. The Balaban J connectivity index is 1.41. The van der Waals surface area contributed by atoms with E-state index in [2.05, 4.69) is 84.2 Å². The van der Waals surface area contributed by atoms with Crippen molar-refractivity contribution in [2.24, 2.45) is 0 Å². The van der Waals surface area contributed by atoms with E-state index >= 15 is 0 Å². The lowest BCUT2D eigenvalue weighted by molar-refractivity contribution is 0.282. The summed E-state index contributed by atoms with van der Waals surface area (Å²) < 4.78 is 0. The van der Waals surface area contributed by atoms with Gasteiger partial charge in [-0.25, -0.2) is 0 Å². The first-order chi connectivity index (χ1) is 18.3. The van der Waals surface area contributed by atoms with Crippen molar-refractivity contribution >= 4 is 27.7 Å². The predicted octanol–water partition coefficient (Wildman–Crippen LogP) is 9.10. The van der Waals surface area contributed by atoms with E-state index < -0.39 is 0 Å². The Hall–Kier alpha value is -4.14. The van der Waals surface area contributed by atoms with Crippen LogP contribution in [-0.2, 0) is 6.61 Å². The van der Waals surface area contributed by atoms with Crippen molar-refractivity contribution in [3.63, 3.8) is 0 Å². The second-order valence-electron chi connectivity index (χ2n) is 10.2. The van der Waals surface area contributed by atoms with Gasteiger partial charge in [0.1, 0.15) is 0 Å². The SMILES string of the molecule is OCc1ccc(Nc2c(-c3ccc4c(c3)C(=C3CCCC3)c3ccccc3-4)ccc3ccccc23)cc1. The number of fused-ring (bicyclic) bond motifs is 4. The molecule has 1 saturated carbocycles. The van der Waals surface area contributed by atoms with Gasteiger partial charge in [0.2, 0.25) is 0 Å². The molecule has 37 heavy (non-hydrogen) atoms. The number of anilines is 2. The van der Waals surface area contributed by atoms with Crippen LogP contribution < -0.4 is 5.32 Å². The highest BCUT2D eigenvalue weighted by Gasteiger charge is 2.27. The van der Waals surface area contributed by atoms with Gasteiger partial charge >= 0.3 is 0 Å². The summed E-state index contributed by atoms with van der Waals surface area (Å²) in [5, 5.41) is 15.6. The van der Waals surface area contributed by atoms with Crippen molar-refractivity contribution < 1.29 is 5.11 Å². The quantitative estimate of drug-likeness (QED) is 0.264. The van der Waals surface area contributed by atoms with E-state index in [1.54, 1.807) is 5.57 Å². The average molecular weight is 480 g/mol. The van der Waals surface area contributed by atoms with E-state index in [0.717, 1.165) is 16.9 Å². The number of hydrogen-bond donors (Lipinski definition) is 2. The van der Waals surface area contributed by atoms with Crippen molar-refractivity contribution in [3.05, 3.63) is 125 Å². The molecule has 0 heterocycles. The maximum atomic E-state index is 9.47. The largest absolute Gasteiger partial charge is 0.392 e. The zero-order chi connectivity index (χ0) is 24.8. The van der Waals surface area contributed by atoms with Crippen LogP contribution in [0.5, 0.6) is 0 Å². The summed E-state index contributed by atoms with van der Waals surface area (Å²) in [6.45, 7) is 0.0507. The third kappa shape index (κ3) is 3.77. The second kappa shape index (κ2) is 9.06. The van der Waals surface area contributed by atoms with Gasteiger partial charge in [0, 0.05) is 16.6 Å². The Morgan fingerprint density at radius 2 is 1.32 bits per heavy atom. The Morgan fingerprint density at radius 1 is 0.622 bits per heavy atom. The van der Waals surface area contributed by atoms with E-state index in [9.17, 15) is 5.11 Å². The van der Waals surface area contributed by atoms with Crippen LogP contribution in [0.15, 0.2) is 109 Å². The highest BCUT2D eigenvalue weighted by atomic mass is 16.3. The summed E-state index contributed by atoms with van der Waals surface area (Å²) in [6, 6.07) is 37.0. The third-order valence-corrected chi connectivity index (χ3v) is 7.98. The van der Waals surface area contributed by atoms with Crippen molar-refractivity contribution in [2.45, 2.75) is 32.3 Å². The number of allylic oxidation sites excluding steroid dienone is 1. The first-order valence-electron chi connectivity index (χ1n) is 13.3. The molecule has 0 atom stereocenters. The van der Waals surface area contributed by atoms with Crippen LogP contribution >= 0.6 is 0 Å². The molecule has 7 rings (SSSR count). The topological polar surface area (TPSA) is 32.3 Å². The van der Waals surface area contributed by atoms with Crippen LogP contribution in [0, 0.1) is 0 Å². The molecule has 180 valence electrons. The molecule has 0 aromatic heterocycles. The van der Waals surface area contributed by atoms with Gasteiger partial charge in [-0.15, -0.1) is 0 Å². The molecule has 2 aliphatic rings. The summed E-state index contributed by atoms with van der Waals surface area (Å²) in [7, 11) is 0. The van der Waals surface area contributed by atoms with Crippen LogP contribution in [0.2, 0.25) is 0 Å². The summed E-state index contributed by atoms with van der Waals surface area (Å²) >= 11 is 0. The van der Waals surface area contributed by atoms with E-state index in [-0.39, 0.29) is 6.61 Å². The molecular weight excluding hydrogens is 450 g/mol. The van der Waals surface area contributed by atoms with E-state index in [0.29, 0.717) is 0 Å². The molecule has 5 aromatic rings. The summed E-state index contributed by atoms with van der Waals surface area (Å²) in [4.78, 5) is 0. The normalized spacial score (nSPS) is 14.2.